The van der Waals surface area contributed by atoms with Gasteiger partial charge in [0.2, 0.25) is 0 Å². The van der Waals surface area contributed by atoms with E-state index in [4.69, 9.17) is 4.74 Å². The summed E-state index contributed by atoms with van der Waals surface area (Å²) in [5, 5.41) is 11.9. The number of halogens is 1. The number of aliphatic hydroxyl groups excluding tert-OH is 1. The molecule has 2 rings (SSSR count). The molecule has 4 heteroatoms. The molecule has 1 aromatic carbocycles. The van der Waals surface area contributed by atoms with E-state index in [-0.39, 0.29) is 0 Å². The van der Waals surface area contributed by atoms with Crippen molar-refractivity contribution < 1.29 is 14.2 Å². The molecule has 0 saturated heterocycles. The van der Waals surface area contributed by atoms with Gasteiger partial charge in [-0.2, -0.15) is 0 Å². The van der Waals surface area contributed by atoms with E-state index in [1.807, 2.05) is 17.5 Å². The number of hydrogen-bond acceptors (Lipinski definition) is 3. The van der Waals surface area contributed by atoms with Gasteiger partial charge in [-0.25, -0.2) is 4.39 Å². The van der Waals surface area contributed by atoms with Gasteiger partial charge in [0, 0.05) is 22.9 Å². The third-order valence-electron chi connectivity index (χ3n) is 2.54. The number of methoxy groups -OCH3 is 1. The highest BCUT2D eigenvalue weighted by atomic mass is 32.1. The Labute approximate surface area is 103 Å². The van der Waals surface area contributed by atoms with Crippen LogP contribution in [0.4, 0.5) is 4.39 Å². The van der Waals surface area contributed by atoms with Gasteiger partial charge in [0.25, 0.3) is 0 Å². The number of aliphatic hydroxyl groups is 1. The fourth-order valence-corrected chi connectivity index (χ4v) is 2.38. The van der Waals surface area contributed by atoms with Crippen LogP contribution in [-0.4, -0.2) is 12.2 Å². The lowest BCUT2D eigenvalue weighted by atomic mass is 10.1. The molecule has 0 spiro atoms. The number of thiophene rings is 1. The molecule has 1 unspecified atom stereocenters. The normalized spacial score (nSPS) is 12.4. The molecule has 0 radical (unpaired) electrons. The van der Waals surface area contributed by atoms with Crippen LogP contribution < -0.4 is 4.74 Å². The smallest absolute Gasteiger partial charge is 0.132 e. The lowest BCUT2D eigenvalue weighted by Crippen LogP contribution is -2.03. The molecule has 1 aromatic heterocycles. The summed E-state index contributed by atoms with van der Waals surface area (Å²) in [5.74, 6) is 0.0166. The molecule has 1 heterocycles. The van der Waals surface area contributed by atoms with Crippen LogP contribution in [-0.2, 0) is 6.42 Å². The maximum atomic E-state index is 13.7. The second kappa shape index (κ2) is 5.29. The number of hydrogen-bond donors (Lipinski definition) is 1. The zero-order valence-corrected chi connectivity index (χ0v) is 10.2. The summed E-state index contributed by atoms with van der Waals surface area (Å²) in [6, 6.07) is 8.34. The van der Waals surface area contributed by atoms with Crippen LogP contribution in [0.25, 0.3) is 0 Å². The third kappa shape index (κ3) is 2.84. The Morgan fingerprint density at radius 2 is 2.24 bits per heavy atom. The average Bonchev–Trinajstić information content (AvgIpc) is 2.81. The summed E-state index contributed by atoms with van der Waals surface area (Å²) >= 11 is 1.55. The highest BCUT2D eigenvalue weighted by molar-refractivity contribution is 7.09. The minimum absolute atomic E-state index is 0.305. The van der Waals surface area contributed by atoms with E-state index in [0.717, 1.165) is 4.88 Å². The Hall–Kier alpha value is -1.39. The van der Waals surface area contributed by atoms with Gasteiger partial charge in [0.1, 0.15) is 11.6 Å². The second-order valence-electron chi connectivity index (χ2n) is 3.69. The molecule has 2 aromatic rings. The molecule has 90 valence electrons. The van der Waals surface area contributed by atoms with E-state index < -0.39 is 11.9 Å². The van der Waals surface area contributed by atoms with E-state index in [9.17, 15) is 9.50 Å². The van der Waals surface area contributed by atoms with Crippen molar-refractivity contribution in [2.24, 2.45) is 0 Å². The van der Waals surface area contributed by atoms with Gasteiger partial charge >= 0.3 is 0 Å². The molecule has 0 bridgehead atoms. The molecule has 17 heavy (non-hydrogen) atoms. The molecule has 0 fully saturated rings. The maximum Gasteiger partial charge on any atom is 0.132 e. The highest BCUT2D eigenvalue weighted by Crippen LogP contribution is 2.25. The number of rotatable bonds is 4. The fraction of sp³-hybridized carbons (Fsp3) is 0.231. The van der Waals surface area contributed by atoms with Crippen molar-refractivity contribution in [1.29, 1.82) is 0 Å². The molecule has 2 nitrogen and oxygen atoms in total. The average molecular weight is 252 g/mol. The predicted octanol–water partition coefficient (Wildman–Crippen LogP) is 3.17. The van der Waals surface area contributed by atoms with Crippen LogP contribution in [0.5, 0.6) is 5.75 Å². The molecular formula is C13H13FO2S. The van der Waals surface area contributed by atoms with Crippen molar-refractivity contribution in [3.8, 4) is 5.75 Å². The standard InChI is InChI=1S/C13H13FO2S/c1-16-9-4-5-11(12(14)7-9)13(15)8-10-3-2-6-17-10/h2-7,13,15H,8H2,1H3. The van der Waals surface area contributed by atoms with Gasteiger partial charge in [-0.05, 0) is 23.6 Å². The van der Waals surface area contributed by atoms with Gasteiger partial charge in [-0.15, -0.1) is 11.3 Å². The van der Waals surface area contributed by atoms with Gasteiger partial charge in [-0.3, -0.25) is 0 Å². The van der Waals surface area contributed by atoms with Crippen molar-refractivity contribution in [2.75, 3.05) is 7.11 Å². The Bertz CT molecular complexity index is 482. The first-order valence-electron chi connectivity index (χ1n) is 5.24. The van der Waals surface area contributed by atoms with Crippen molar-refractivity contribution in [3.05, 3.63) is 52.0 Å². The molecule has 1 atom stereocenters. The monoisotopic (exact) mass is 252 g/mol. The molecule has 0 saturated carbocycles. The van der Waals surface area contributed by atoms with Gasteiger partial charge < -0.3 is 9.84 Å². The summed E-state index contributed by atoms with van der Waals surface area (Å²) in [5.41, 5.74) is 0.305. The van der Waals surface area contributed by atoms with Crippen LogP contribution >= 0.6 is 11.3 Å². The summed E-state index contributed by atoms with van der Waals surface area (Å²) in [6.07, 6.45) is -0.388. The van der Waals surface area contributed by atoms with Crippen LogP contribution in [0.2, 0.25) is 0 Å². The Kier molecular flexibility index (Phi) is 3.76. The minimum Gasteiger partial charge on any atom is -0.497 e. The molecular weight excluding hydrogens is 239 g/mol. The highest BCUT2D eigenvalue weighted by Gasteiger charge is 2.14. The lowest BCUT2D eigenvalue weighted by Gasteiger charge is -2.11. The zero-order chi connectivity index (χ0) is 12.3. The topological polar surface area (TPSA) is 29.5 Å². The Morgan fingerprint density at radius 1 is 1.41 bits per heavy atom. The quantitative estimate of drug-likeness (QED) is 0.905. The second-order valence-corrected chi connectivity index (χ2v) is 4.72. The van der Waals surface area contributed by atoms with Crippen molar-refractivity contribution in [3.63, 3.8) is 0 Å². The largest absolute Gasteiger partial charge is 0.497 e. The van der Waals surface area contributed by atoms with E-state index in [2.05, 4.69) is 0 Å². The van der Waals surface area contributed by atoms with Crippen molar-refractivity contribution in [1.82, 2.24) is 0 Å². The van der Waals surface area contributed by atoms with Crippen LogP contribution in [0.3, 0.4) is 0 Å². The summed E-state index contributed by atoms with van der Waals surface area (Å²) in [4.78, 5) is 1.03. The summed E-state index contributed by atoms with van der Waals surface area (Å²) < 4.78 is 18.6. The first-order chi connectivity index (χ1) is 8.20. The van der Waals surface area contributed by atoms with Gasteiger partial charge in [-0.1, -0.05) is 6.07 Å². The van der Waals surface area contributed by atoms with Crippen LogP contribution in [0.1, 0.15) is 16.5 Å². The van der Waals surface area contributed by atoms with E-state index in [1.165, 1.54) is 13.2 Å². The zero-order valence-electron chi connectivity index (χ0n) is 9.39. The molecule has 0 aliphatic carbocycles. The van der Waals surface area contributed by atoms with Crippen molar-refractivity contribution in [2.45, 2.75) is 12.5 Å². The third-order valence-corrected chi connectivity index (χ3v) is 3.44. The molecule has 1 N–H and O–H groups in total. The Balaban J connectivity index is 2.16. The van der Waals surface area contributed by atoms with Crippen LogP contribution in [0.15, 0.2) is 35.7 Å². The van der Waals surface area contributed by atoms with Crippen LogP contribution in [0, 0.1) is 5.82 Å². The summed E-state index contributed by atoms with van der Waals surface area (Å²) in [7, 11) is 1.48. The SMILES string of the molecule is COc1ccc(C(O)Cc2cccs2)c(F)c1. The van der Waals surface area contributed by atoms with E-state index in [0.29, 0.717) is 17.7 Å². The number of benzene rings is 1. The van der Waals surface area contributed by atoms with Crippen molar-refractivity contribution >= 4 is 11.3 Å². The lowest BCUT2D eigenvalue weighted by molar-refractivity contribution is 0.174. The molecule has 0 amide bonds. The minimum atomic E-state index is -0.820. The van der Waals surface area contributed by atoms with Gasteiger partial charge in [0.15, 0.2) is 0 Å². The van der Waals surface area contributed by atoms with Gasteiger partial charge in [0.05, 0.1) is 13.2 Å². The number of ether oxygens (including phenoxy) is 1. The van der Waals surface area contributed by atoms with E-state index >= 15 is 0 Å². The molecule has 0 aliphatic heterocycles. The first-order valence-corrected chi connectivity index (χ1v) is 6.12. The maximum absolute atomic E-state index is 13.7. The summed E-state index contributed by atoms with van der Waals surface area (Å²) in [6.45, 7) is 0. The van der Waals surface area contributed by atoms with E-state index in [1.54, 1.807) is 23.5 Å². The molecule has 0 aliphatic rings. The Morgan fingerprint density at radius 3 is 2.82 bits per heavy atom. The predicted molar refractivity (Wildman–Crippen MR) is 65.9 cm³/mol. The fourth-order valence-electron chi connectivity index (χ4n) is 1.63. The first kappa shape index (κ1) is 12.1.